The monoisotopic (exact) mass is 305 g/mol. The summed E-state index contributed by atoms with van der Waals surface area (Å²) >= 11 is 8.77. The van der Waals surface area contributed by atoms with E-state index in [1.807, 2.05) is 0 Å². The zero-order valence-corrected chi connectivity index (χ0v) is 8.66. The van der Waals surface area contributed by atoms with Crippen LogP contribution in [-0.4, -0.2) is 8.25 Å². The maximum Gasteiger partial charge on any atom is 0.227 e. The van der Waals surface area contributed by atoms with Gasteiger partial charge < -0.3 is 0 Å². The second-order valence-corrected chi connectivity index (χ2v) is 5.61. The van der Waals surface area contributed by atoms with Gasteiger partial charge in [-0.25, -0.2) is 5.11 Å². The first-order valence-corrected chi connectivity index (χ1v) is 4.33. The predicted octanol–water partition coefficient (Wildman–Crippen LogP) is 2.81. The van der Waals surface area contributed by atoms with Crippen LogP contribution in [-0.2, 0) is 5.11 Å². The van der Waals surface area contributed by atoms with Crippen molar-refractivity contribution in [2.24, 2.45) is 0 Å². The summed E-state index contributed by atoms with van der Waals surface area (Å²) in [7, 11) is 0. The summed E-state index contributed by atoms with van der Waals surface area (Å²) in [5.41, 5.74) is 0. The average molecular weight is 308 g/mol. The van der Waals surface area contributed by atoms with Gasteiger partial charge in [0, 0.05) is 0 Å². The van der Waals surface area contributed by atoms with E-state index in [4.69, 9.17) is 0 Å². The molecule has 47 valence electrons. The van der Waals surface area contributed by atoms with Crippen molar-refractivity contribution in [3.8, 4) is 0 Å². The van der Waals surface area contributed by atoms with E-state index in [0.717, 1.165) is 0 Å². The minimum atomic E-state index is -1.32. The van der Waals surface area contributed by atoms with Gasteiger partial charge in [0.25, 0.3) is 0 Å². The van der Waals surface area contributed by atoms with E-state index in [1.165, 1.54) is 6.08 Å². The number of hydrogen-bond donors (Lipinski definition) is 0. The third kappa shape index (κ3) is 3.22. The number of alkyl halides is 3. The Bertz CT molecular complexity index is 85.8. The Morgan fingerprint density at radius 2 is 2.00 bits per heavy atom. The maximum absolute atomic E-state index is 10.7. The van der Waals surface area contributed by atoms with E-state index in [0.29, 0.717) is 0 Å². The van der Waals surface area contributed by atoms with Crippen LogP contribution in [0.1, 0.15) is 0 Å². The smallest absolute Gasteiger partial charge is 0.203 e. The lowest BCUT2D eigenvalue weighted by Crippen LogP contribution is -2.19. The average Bonchev–Trinajstić information content (AvgIpc) is 1.62. The summed E-state index contributed by atoms with van der Waals surface area (Å²) in [6.07, 6.45) is 1.51. The number of rotatable bonds is 2. The lowest BCUT2D eigenvalue weighted by molar-refractivity contribution is 0.156. The van der Waals surface area contributed by atoms with Crippen LogP contribution < -0.4 is 0 Å². The molecule has 0 aliphatic rings. The molecule has 4 heteroatoms. The molecule has 0 amide bonds. The fourth-order valence-corrected chi connectivity index (χ4v) is 0.511. The molecule has 1 atom stereocenters. The number of halogens is 3. The van der Waals surface area contributed by atoms with E-state index in [1.54, 1.807) is 0 Å². The summed E-state index contributed by atoms with van der Waals surface area (Å²) in [4.78, 5) is -0.296. The van der Waals surface area contributed by atoms with Crippen molar-refractivity contribution in [2.75, 3.05) is 0 Å². The Kier molecular flexibility index (Phi) is 3.82. The highest BCUT2D eigenvalue weighted by Gasteiger charge is 2.27. The van der Waals surface area contributed by atoms with Crippen molar-refractivity contribution >= 4 is 47.8 Å². The molecule has 0 fully saturated rings. The van der Waals surface area contributed by atoms with Crippen LogP contribution in [0.5, 0.6) is 0 Å². The van der Waals surface area contributed by atoms with Crippen molar-refractivity contribution in [1.29, 1.82) is 0 Å². The Morgan fingerprint density at radius 1 is 1.62 bits per heavy atom. The van der Waals surface area contributed by atoms with Crippen LogP contribution in [0, 0.1) is 0 Å². The second kappa shape index (κ2) is 3.34. The van der Waals surface area contributed by atoms with Gasteiger partial charge in [-0.05, 0) is 31.9 Å². The van der Waals surface area contributed by atoms with Crippen LogP contribution in [0.3, 0.4) is 0 Å². The van der Waals surface area contributed by atoms with E-state index in [9.17, 15) is 5.11 Å². The molecule has 8 heavy (non-hydrogen) atoms. The first-order chi connectivity index (χ1) is 3.48. The quantitative estimate of drug-likeness (QED) is 0.552. The molecular weight excluding hydrogens is 304 g/mol. The van der Waals surface area contributed by atoms with Crippen LogP contribution in [0.2, 0.25) is 0 Å². The van der Waals surface area contributed by atoms with Crippen molar-refractivity contribution < 1.29 is 5.11 Å². The lowest BCUT2D eigenvalue weighted by atomic mass is 10.5. The first-order valence-electron chi connectivity index (χ1n) is 1.83. The van der Waals surface area contributed by atoms with Crippen LogP contribution >= 0.6 is 47.8 Å². The fourth-order valence-electron chi connectivity index (χ4n) is 0.137. The van der Waals surface area contributed by atoms with Crippen molar-refractivity contribution in [1.82, 2.24) is 0 Å². The van der Waals surface area contributed by atoms with Gasteiger partial charge in [-0.2, -0.15) is 0 Å². The summed E-state index contributed by atoms with van der Waals surface area (Å²) < 4.78 is -1.32. The van der Waals surface area contributed by atoms with Gasteiger partial charge >= 0.3 is 0 Å². The van der Waals surface area contributed by atoms with Gasteiger partial charge in [0.05, 0.1) is 4.83 Å². The molecule has 0 saturated heterocycles. The molecule has 1 radical (unpaired) electrons. The number of hydrogen-bond acceptors (Lipinski definition) is 0. The lowest BCUT2D eigenvalue weighted by Gasteiger charge is -2.12. The van der Waals surface area contributed by atoms with Gasteiger partial charge in [0.15, 0.2) is 0 Å². The minimum Gasteiger partial charge on any atom is -0.203 e. The Labute approximate surface area is 73.5 Å². The van der Waals surface area contributed by atoms with E-state index in [-0.39, 0.29) is 4.83 Å². The molecule has 0 saturated carbocycles. The SMILES string of the molecule is C=CC(Br)C([O])(Br)Br. The molecule has 1 unspecified atom stereocenters. The van der Waals surface area contributed by atoms with Gasteiger partial charge in [-0.3, -0.25) is 0 Å². The molecule has 1 nitrogen and oxygen atoms in total. The molecule has 0 spiro atoms. The van der Waals surface area contributed by atoms with Crippen molar-refractivity contribution in [3.63, 3.8) is 0 Å². The molecule has 0 bridgehead atoms. The Morgan fingerprint density at radius 3 is 2.00 bits per heavy atom. The van der Waals surface area contributed by atoms with E-state index >= 15 is 0 Å². The van der Waals surface area contributed by atoms with Gasteiger partial charge in [0.1, 0.15) is 0 Å². The van der Waals surface area contributed by atoms with E-state index in [2.05, 4.69) is 54.4 Å². The highest BCUT2D eigenvalue weighted by Crippen LogP contribution is 2.32. The van der Waals surface area contributed by atoms with Gasteiger partial charge in [-0.15, -0.1) is 6.58 Å². The molecule has 0 N–H and O–H groups in total. The maximum atomic E-state index is 10.7. The van der Waals surface area contributed by atoms with E-state index < -0.39 is 3.42 Å². The first kappa shape index (κ1) is 9.14. The molecule has 0 aromatic heterocycles. The zero-order valence-electron chi connectivity index (χ0n) is 3.90. The highest BCUT2D eigenvalue weighted by atomic mass is 79.9. The largest absolute Gasteiger partial charge is 0.227 e. The Balaban J connectivity index is 3.80. The third-order valence-corrected chi connectivity index (χ3v) is 3.76. The van der Waals surface area contributed by atoms with Crippen LogP contribution in [0.15, 0.2) is 12.7 Å². The topological polar surface area (TPSA) is 19.9 Å². The predicted molar refractivity (Wildman–Crippen MR) is 44.2 cm³/mol. The van der Waals surface area contributed by atoms with Crippen LogP contribution in [0.4, 0.5) is 0 Å². The Hall–Kier alpha value is 1.14. The van der Waals surface area contributed by atoms with Crippen molar-refractivity contribution in [3.05, 3.63) is 12.7 Å². The summed E-state index contributed by atoms with van der Waals surface area (Å²) in [6, 6.07) is 0. The van der Waals surface area contributed by atoms with Gasteiger partial charge in [-0.1, -0.05) is 22.0 Å². The summed E-state index contributed by atoms with van der Waals surface area (Å²) in [5, 5.41) is 10.7. The van der Waals surface area contributed by atoms with Gasteiger partial charge in [0.2, 0.25) is 3.42 Å². The van der Waals surface area contributed by atoms with Crippen molar-refractivity contribution in [2.45, 2.75) is 8.25 Å². The molecular formula is C4H4Br3O. The zero-order chi connectivity index (χ0) is 6.78. The van der Waals surface area contributed by atoms with Crippen LogP contribution in [0.25, 0.3) is 0 Å². The standard InChI is InChI=1S/C4H4Br3O/c1-2-3(5)4(6,7)8/h2-3H,1H2. The normalized spacial score (nSPS) is 15.5. The molecule has 0 aromatic carbocycles. The molecule has 0 aromatic rings. The molecule has 0 heterocycles. The third-order valence-electron chi connectivity index (χ3n) is 0.528. The molecule has 0 aliphatic heterocycles. The molecule has 0 rings (SSSR count). The highest BCUT2D eigenvalue weighted by molar-refractivity contribution is 9.26. The molecule has 0 aliphatic carbocycles. The summed E-state index contributed by atoms with van der Waals surface area (Å²) in [6.45, 7) is 3.42. The minimum absolute atomic E-state index is 0.296. The fraction of sp³-hybridized carbons (Fsp3) is 0.500. The second-order valence-electron chi connectivity index (χ2n) is 1.20. The summed E-state index contributed by atoms with van der Waals surface area (Å²) in [5.74, 6) is 0.